The molecule has 0 aromatic carbocycles. The number of rotatable bonds is 3. The van der Waals surface area contributed by atoms with Gasteiger partial charge in [0.1, 0.15) is 11.7 Å². The van der Waals surface area contributed by atoms with Crippen molar-refractivity contribution in [3.8, 4) is 0 Å². The zero-order valence-corrected chi connectivity index (χ0v) is 7.80. The van der Waals surface area contributed by atoms with Gasteiger partial charge in [0.25, 0.3) is 0 Å². The molecule has 1 aliphatic rings. The molecule has 1 N–H and O–H groups in total. The van der Waals surface area contributed by atoms with Gasteiger partial charge in [-0.3, -0.25) is 4.79 Å². The first-order chi connectivity index (χ1) is 5.58. The van der Waals surface area contributed by atoms with E-state index in [2.05, 4.69) is 0 Å². The quantitative estimate of drug-likeness (QED) is 0.538. The van der Waals surface area contributed by atoms with E-state index < -0.39 is 11.7 Å². The van der Waals surface area contributed by atoms with E-state index in [1.807, 2.05) is 0 Å². The zero-order valence-electron chi connectivity index (χ0n) is 7.05. The maximum absolute atomic E-state index is 10.8. The van der Waals surface area contributed by atoms with E-state index in [-0.39, 0.29) is 12.4 Å². The van der Waals surface area contributed by atoms with Crippen molar-refractivity contribution in [2.45, 2.75) is 37.9 Å². The Morgan fingerprint density at radius 1 is 1.83 bits per heavy atom. The number of carbonyl (C=O) groups is 1. The van der Waals surface area contributed by atoms with Gasteiger partial charge in [0.15, 0.2) is 0 Å². The van der Waals surface area contributed by atoms with Gasteiger partial charge in [-0.1, -0.05) is 0 Å². The van der Waals surface area contributed by atoms with Crippen molar-refractivity contribution >= 4 is 17.6 Å². The predicted octanol–water partition coefficient (Wildman–Crippen LogP) is 1.07. The van der Waals surface area contributed by atoms with E-state index in [4.69, 9.17) is 16.3 Å². The number of aliphatic hydroxyl groups is 1. The number of cyclic esters (lactones) is 1. The maximum Gasteiger partial charge on any atom is 0.309 e. The highest BCUT2D eigenvalue weighted by atomic mass is 35.5. The Bertz CT molecular complexity index is 183. The summed E-state index contributed by atoms with van der Waals surface area (Å²) >= 11 is 5.50. The molecule has 70 valence electrons. The molecule has 3 nitrogen and oxygen atoms in total. The third-order valence-electron chi connectivity index (χ3n) is 2.22. The molecule has 2 atom stereocenters. The van der Waals surface area contributed by atoms with Crippen LogP contribution in [0.15, 0.2) is 0 Å². The average Bonchev–Trinajstić information content (AvgIpc) is 2.23. The molecule has 4 heteroatoms. The lowest BCUT2D eigenvalue weighted by Crippen LogP contribution is -2.35. The molecule has 0 spiro atoms. The van der Waals surface area contributed by atoms with Crippen molar-refractivity contribution in [2.75, 3.05) is 5.88 Å². The smallest absolute Gasteiger partial charge is 0.309 e. The monoisotopic (exact) mass is 192 g/mol. The van der Waals surface area contributed by atoms with E-state index in [0.29, 0.717) is 12.3 Å². The van der Waals surface area contributed by atoms with Gasteiger partial charge in [-0.15, -0.1) is 11.6 Å². The van der Waals surface area contributed by atoms with Crippen molar-refractivity contribution in [1.82, 2.24) is 0 Å². The summed E-state index contributed by atoms with van der Waals surface area (Å²) in [4.78, 5) is 10.8. The Hall–Kier alpha value is -0.280. The van der Waals surface area contributed by atoms with Crippen molar-refractivity contribution < 1.29 is 14.6 Å². The van der Waals surface area contributed by atoms with E-state index in [1.54, 1.807) is 6.92 Å². The molecule has 0 aliphatic carbocycles. The lowest BCUT2D eigenvalue weighted by Gasteiger charge is -2.25. The first-order valence-corrected chi connectivity index (χ1v) is 4.58. The van der Waals surface area contributed by atoms with Crippen LogP contribution in [0.5, 0.6) is 0 Å². The summed E-state index contributed by atoms with van der Waals surface area (Å²) in [6.07, 6.45) is 0.818. The Kier molecular flexibility index (Phi) is 2.96. The van der Waals surface area contributed by atoms with Crippen molar-refractivity contribution in [3.63, 3.8) is 0 Å². The minimum atomic E-state index is -0.702. The highest BCUT2D eigenvalue weighted by Gasteiger charge is 2.43. The summed E-state index contributed by atoms with van der Waals surface area (Å²) < 4.78 is 5.02. The lowest BCUT2D eigenvalue weighted by atomic mass is 9.94. The number of ether oxygens (including phenoxy) is 1. The van der Waals surface area contributed by atoms with Crippen LogP contribution in [0.2, 0.25) is 0 Å². The standard InChI is InChI=1S/C8H13ClO3/c1-8(3-2-4-9)6(10)5-7(11)12-8/h6,10H,2-5H2,1H3. The predicted molar refractivity (Wildman–Crippen MR) is 45.1 cm³/mol. The second-order valence-electron chi connectivity index (χ2n) is 3.30. The van der Waals surface area contributed by atoms with Crippen molar-refractivity contribution in [1.29, 1.82) is 0 Å². The van der Waals surface area contributed by atoms with E-state index in [1.165, 1.54) is 0 Å². The van der Waals surface area contributed by atoms with Crippen LogP contribution in [0.4, 0.5) is 0 Å². The van der Waals surface area contributed by atoms with Gasteiger partial charge in [0, 0.05) is 5.88 Å². The maximum atomic E-state index is 10.8. The van der Waals surface area contributed by atoms with Gasteiger partial charge in [0.05, 0.1) is 6.42 Å². The fraction of sp³-hybridized carbons (Fsp3) is 0.875. The fourth-order valence-electron chi connectivity index (χ4n) is 1.38. The van der Waals surface area contributed by atoms with Crippen LogP contribution in [-0.4, -0.2) is 28.7 Å². The summed E-state index contributed by atoms with van der Waals surface area (Å²) in [5, 5.41) is 9.46. The van der Waals surface area contributed by atoms with E-state index >= 15 is 0 Å². The topological polar surface area (TPSA) is 46.5 Å². The van der Waals surface area contributed by atoms with E-state index in [0.717, 1.165) is 6.42 Å². The van der Waals surface area contributed by atoms with Gasteiger partial charge < -0.3 is 9.84 Å². The molecular formula is C8H13ClO3. The Labute approximate surface area is 76.7 Å². The minimum Gasteiger partial charge on any atom is -0.457 e. The Balaban J connectivity index is 2.52. The van der Waals surface area contributed by atoms with Gasteiger partial charge in [-0.2, -0.15) is 0 Å². The number of halogens is 1. The van der Waals surface area contributed by atoms with Crippen LogP contribution in [0, 0.1) is 0 Å². The molecule has 0 aromatic heterocycles. The highest BCUT2D eigenvalue weighted by molar-refractivity contribution is 6.17. The molecule has 12 heavy (non-hydrogen) atoms. The van der Waals surface area contributed by atoms with Gasteiger partial charge >= 0.3 is 5.97 Å². The number of hydrogen-bond acceptors (Lipinski definition) is 3. The van der Waals surface area contributed by atoms with Crippen LogP contribution >= 0.6 is 11.6 Å². The summed E-state index contributed by atoms with van der Waals surface area (Å²) in [5.41, 5.74) is -0.702. The lowest BCUT2D eigenvalue weighted by molar-refractivity contribution is -0.149. The Morgan fingerprint density at radius 3 is 2.92 bits per heavy atom. The van der Waals surface area contributed by atoms with Crippen molar-refractivity contribution in [3.05, 3.63) is 0 Å². The van der Waals surface area contributed by atoms with Gasteiger partial charge in [-0.05, 0) is 19.8 Å². The molecular weight excluding hydrogens is 180 g/mol. The summed E-state index contributed by atoms with van der Waals surface area (Å²) in [5.74, 6) is 0.208. The third-order valence-corrected chi connectivity index (χ3v) is 2.49. The zero-order chi connectivity index (χ0) is 9.19. The second kappa shape index (κ2) is 3.62. The number of hydrogen-bond donors (Lipinski definition) is 1. The Morgan fingerprint density at radius 2 is 2.50 bits per heavy atom. The summed E-state index contributed by atoms with van der Waals surface area (Å²) in [6, 6.07) is 0. The molecule has 1 rings (SSSR count). The number of carbonyl (C=O) groups excluding carboxylic acids is 1. The molecule has 1 saturated heterocycles. The molecule has 0 aromatic rings. The van der Waals surface area contributed by atoms with Crippen LogP contribution < -0.4 is 0 Å². The highest BCUT2D eigenvalue weighted by Crippen LogP contribution is 2.31. The normalized spacial score (nSPS) is 35.2. The number of aliphatic hydroxyl groups excluding tert-OH is 1. The number of esters is 1. The molecule has 1 heterocycles. The molecule has 0 radical (unpaired) electrons. The molecule has 0 saturated carbocycles. The van der Waals surface area contributed by atoms with Crippen LogP contribution in [0.3, 0.4) is 0 Å². The van der Waals surface area contributed by atoms with Gasteiger partial charge in [-0.25, -0.2) is 0 Å². The largest absolute Gasteiger partial charge is 0.457 e. The van der Waals surface area contributed by atoms with Crippen LogP contribution in [0.25, 0.3) is 0 Å². The third kappa shape index (κ3) is 1.90. The fourth-order valence-corrected chi connectivity index (χ4v) is 1.51. The van der Waals surface area contributed by atoms with Crippen LogP contribution in [0.1, 0.15) is 26.2 Å². The average molecular weight is 193 g/mol. The first kappa shape index (κ1) is 9.81. The SMILES string of the molecule is CC1(CCCCl)OC(=O)CC1O. The summed E-state index contributed by atoms with van der Waals surface area (Å²) in [7, 11) is 0. The minimum absolute atomic E-state index is 0.110. The van der Waals surface area contributed by atoms with E-state index in [9.17, 15) is 9.90 Å². The molecule has 0 amide bonds. The molecule has 2 unspecified atom stereocenters. The second-order valence-corrected chi connectivity index (χ2v) is 3.68. The number of alkyl halides is 1. The van der Waals surface area contributed by atoms with Crippen molar-refractivity contribution in [2.24, 2.45) is 0 Å². The van der Waals surface area contributed by atoms with Crippen LogP contribution in [-0.2, 0) is 9.53 Å². The first-order valence-electron chi connectivity index (χ1n) is 4.04. The molecule has 1 fully saturated rings. The van der Waals surface area contributed by atoms with Gasteiger partial charge in [0.2, 0.25) is 0 Å². The molecule has 1 aliphatic heterocycles. The summed E-state index contributed by atoms with van der Waals surface area (Å²) in [6.45, 7) is 1.75. The molecule has 0 bridgehead atoms.